The summed E-state index contributed by atoms with van der Waals surface area (Å²) in [6.07, 6.45) is 1.55. The minimum atomic E-state index is -0.788. The molecule has 0 radical (unpaired) electrons. The number of unbranched alkanes of at least 4 members (excludes halogenated alkanes) is 1. The molecule has 0 spiro atoms. The van der Waals surface area contributed by atoms with E-state index in [4.69, 9.17) is 11.6 Å². The molecule has 3 aromatic carbocycles. The third-order valence-electron chi connectivity index (χ3n) is 5.62. The summed E-state index contributed by atoms with van der Waals surface area (Å²) in [6.45, 7) is 2.37. The number of aliphatic hydroxyl groups excluding tert-OH is 1. The molecule has 0 aliphatic carbocycles. The van der Waals surface area contributed by atoms with Gasteiger partial charge in [0.15, 0.2) is 0 Å². The van der Waals surface area contributed by atoms with Crippen LogP contribution in [0.4, 0.5) is 0 Å². The highest BCUT2D eigenvalue weighted by Crippen LogP contribution is 2.42. The number of Topliss-reactive ketones (excluding diaryl/α,β-unsaturated/α-hetero) is 1. The van der Waals surface area contributed by atoms with Crippen LogP contribution in [0.15, 0.2) is 66.2 Å². The molecule has 31 heavy (non-hydrogen) atoms. The summed E-state index contributed by atoms with van der Waals surface area (Å²) in [5.74, 6) is -1.69. The molecule has 1 atom stereocenters. The zero-order valence-corrected chi connectivity index (χ0v) is 17.8. The number of hydrogen-bond acceptors (Lipinski definition) is 4. The predicted octanol–water partition coefficient (Wildman–Crippen LogP) is 5.42. The lowest BCUT2D eigenvalue weighted by atomic mass is 9.93. The van der Waals surface area contributed by atoms with Crippen LogP contribution in [0, 0.1) is 0 Å². The van der Waals surface area contributed by atoms with E-state index in [1.165, 1.54) is 17.0 Å². The number of benzene rings is 3. The number of carbonyl (C=O) groups excluding carboxylic acids is 2. The Morgan fingerprint density at radius 3 is 2.55 bits per heavy atom. The van der Waals surface area contributed by atoms with Crippen LogP contribution in [0.2, 0.25) is 5.02 Å². The van der Waals surface area contributed by atoms with Gasteiger partial charge in [-0.05, 0) is 34.9 Å². The van der Waals surface area contributed by atoms with Crippen molar-refractivity contribution in [1.82, 2.24) is 4.90 Å². The van der Waals surface area contributed by atoms with Gasteiger partial charge in [0.2, 0.25) is 0 Å². The Bertz CT molecular complexity index is 1210. The highest BCUT2D eigenvalue weighted by atomic mass is 35.5. The minimum Gasteiger partial charge on any atom is -0.507 e. The van der Waals surface area contributed by atoms with Crippen LogP contribution in [0.25, 0.3) is 16.5 Å². The van der Waals surface area contributed by atoms with Gasteiger partial charge < -0.3 is 15.1 Å². The van der Waals surface area contributed by atoms with Crippen LogP contribution in [-0.4, -0.2) is 33.3 Å². The summed E-state index contributed by atoms with van der Waals surface area (Å²) in [4.78, 5) is 27.5. The third-order valence-corrected chi connectivity index (χ3v) is 5.93. The number of likely N-dealkylation sites (tertiary alicyclic amines) is 1. The lowest BCUT2D eigenvalue weighted by Gasteiger charge is -2.25. The molecule has 1 aliphatic rings. The van der Waals surface area contributed by atoms with E-state index in [2.05, 4.69) is 0 Å². The van der Waals surface area contributed by atoms with E-state index in [9.17, 15) is 19.8 Å². The Balaban J connectivity index is 1.95. The summed E-state index contributed by atoms with van der Waals surface area (Å²) in [7, 11) is 0. The smallest absolute Gasteiger partial charge is 0.295 e. The Labute approximate surface area is 185 Å². The predicted molar refractivity (Wildman–Crippen MR) is 121 cm³/mol. The molecular weight excluding hydrogens is 414 g/mol. The van der Waals surface area contributed by atoms with Crippen molar-refractivity contribution in [3.05, 3.63) is 82.4 Å². The van der Waals surface area contributed by atoms with Gasteiger partial charge >= 0.3 is 0 Å². The first-order valence-electron chi connectivity index (χ1n) is 10.2. The molecule has 5 nitrogen and oxygen atoms in total. The number of phenolic OH excluding ortho intramolecular Hbond substituents is 1. The van der Waals surface area contributed by atoms with Crippen molar-refractivity contribution in [2.75, 3.05) is 6.54 Å². The van der Waals surface area contributed by atoms with Crippen molar-refractivity contribution < 1.29 is 19.8 Å². The van der Waals surface area contributed by atoms with Gasteiger partial charge in [0.05, 0.1) is 16.6 Å². The van der Waals surface area contributed by atoms with Gasteiger partial charge in [-0.1, -0.05) is 73.5 Å². The van der Waals surface area contributed by atoms with E-state index in [0.717, 1.165) is 17.2 Å². The molecular formula is C25H22ClNO4. The highest BCUT2D eigenvalue weighted by Gasteiger charge is 2.46. The van der Waals surface area contributed by atoms with Gasteiger partial charge in [0, 0.05) is 12.1 Å². The fourth-order valence-corrected chi connectivity index (χ4v) is 4.24. The van der Waals surface area contributed by atoms with Crippen molar-refractivity contribution in [2.24, 2.45) is 0 Å². The molecule has 4 rings (SSSR count). The summed E-state index contributed by atoms with van der Waals surface area (Å²) >= 11 is 6.12. The average molecular weight is 436 g/mol. The number of carbonyl (C=O) groups is 2. The van der Waals surface area contributed by atoms with Gasteiger partial charge in [-0.3, -0.25) is 9.59 Å². The molecule has 0 saturated carbocycles. The first kappa shape index (κ1) is 20.9. The zero-order valence-electron chi connectivity index (χ0n) is 17.0. The van der Waals surface area contributed by atoms with Crippen LogP contribution < -0.4 is 0 Å². The molecule has 1 amide bonds. The van der Waals surface area contributed by atoms with Crippen LogP contribution in [0.1, 0.15) is 36.9 Å². The SMILES string of the molecule is CCCCN1C(=O)C(=O)/C(=C(\O)c2cccc3ccccc23)C1c1ccc(O)c(Cl)c1. The third kappa shape index (κ3) is 3.66. The van der Waals surface area contributed by atoms with Crippen molar-refractivity contribution in [1.29, 1.82) is 0 Å². The average Bonchev–Trinajstić information content (AvgIpc) is 3.03. The number of nitrogens with zero attached hydrogens (tertiary/aromatic N) is 1. The second kappa shape index (κ2) is 8.44. The Kier molecular flexibility index (Phi) is 5.70. The number of fused-ring (bicyclic) bond motifs is 1. The maximum Gasteiger partial charge on any atom is 0.295 e. The topological polar surface area (TPSA) is 77.8 Å². The standard InChI is InChI=1S/C25H22ClNO4/c1-2-3-13-27-22(16-11-12-20(28)19(26)14-16)21(24(30)25(27)31)23(29)18-10-6-8-15-7-4-5-9-17(15)18/h4-12,14,22,28-29H,2-3,13H2,1H3/b23-21-. The lowest BCUT2D eigenvalue weighted by molar-refractivity contribution is -0.139. The van der Waals surface area contributed by atoms with E-state index in [1.54, 1.807) is 18.2 Å². The molecule has 6 heteroatoms. The second-order valence-electron chi connectivity index (χ2n) is 7.58. The van der Waals surface area contributed by atoms with Crippen molar-refractivity contribution in [3.8, 4) is 5.75 Å². The quantitative estimate of drug-likeness (QED) is 0.318. The van der Waals surface area contributed by atoms with E-state index < -0.39 is 17.7 Å². The summed E-state index contributed by atoms with van der Waals surface area (Å²) < 4.78 is 0. The first-order chi connectivity index (χ1) is 14.9. The van der Waals surface area contributed by atoms with Gasteiger partial charge in [-0.15, -0.1) is 0 Å². The van der Waals surface area contributed by atoms with Crippen LogP contribution >= 0.6 is 11.6 Å². The largest absolute Gasteiger partial charge is 0.507 e. The first-order valence-corrected chi connectivity index (χ1v) is 10.6. The molecule has 158 valence electrons. The minimum absolute atomic E-state index is 0.0270. The zero-order chi connectivity index (χ0) is 22.1. The fraction of sp³-hybridized carbons (Fsp3) is 0.200. The fourth-order valence-electron chi connectivity index (χ4n) is 4.06. The molecule has 1 heterocycles. The van der Waals surface area contributed by atoms with Gasteiger partial charge in [0.25, 0.3) is 11.7 Å². The monoisotopic (exact) mass is 435 g/mol. The molecule has 0 aromatic heterocycles. The summed E-state index contributed by atoms with van der Waals surface area (Å²) in [5, 5.41) is 22.9. The van der Waals surface area contributed by atoms with Gasteiger partial charge in [-0.25, -0.2) is 0 Å². The number of hydrogen-bond donors (Lipinski definition) is 2. The number of aliphatic hydroxyl groups is 1. The van der Waals surface area contributed by atoms with E-state index >= 15 is 0 Å². The van der Waals surface area contributed by atoms with Gasteiger partial charge in [-0.2, -0.15) is 0 Å². The maximum atomic E-state index is 13.1. The molecule has 3 aromatic rings. The highest BCUT2D eigenvalue weighted by molar-refractivity contribution is 6.46. The van der Waals surface area contributed by atoms with Gasteiger partial charge in [0.1, 0.15) is 11.5 Å². The lowest BCUT2D eigenvalue weighted by Crippen LogP contribution is -2.30. The van der Waals surface area contributed by atoms with Crippen molar-refractivity contribution in [3.63, 3.8) is 0 Å². The van der Waals surface area contributed by atoms with E-state index in [-0.39, 0.29) is 22.1 Å². The Hall–Kier alpha value is -3.31. The van der Waals surface area contributed by atoms with E-state index in [1.807, 2.05) is 37.3 Å². The van der Waals surface area contributed by atoms with Crippen LogP contribution in [0.3, 0.4) is 0 Å². The number of rotatable bonds is 5. The number of phenols is 1. The Morgan fingerprint density at radius 1 is 1.06 bits per heavy atom. The molecule has 1 aliphatic heterocycles. The molecule has 2 N–H and O–H groups in total. The Morgan fingerprint density at radius 2 is 1.81 bits per heavy atom. The molecule has 1 saturated heterocycles. The molecule has 1 fully saturated rings. The number of amides is 1. The van der Waals surface area contributed by atoms with E-state index in [0.29, 0.717) is 24.1 Å². The summed E-state index contributed by atoms with van der Waals surface area (Å²) in [6, 6.07) is 16.8. The normalized spacial score (nSPS) is 18.1. The molecule has 0 bridgehead atoms. The van der Waals surface area contributed by atoms with Crippen LogP contribution in [-0.2, 0) is 9.59 Å². The summed E-state index contributed by atoms with van der Waals surface area (Å²) in [5.41, 5.74) is 1.07. The molecule has 1 unspecified atom stereocenters. The number of halogens is 1. The van der Waals surface area contributed by atoms with Crippen molar-refractivity contribution >= 4 is 39.8 Å². The van der Waals surface area contributed by atoms with Crippen molar-refractivity contribution in [2.45, 2.75) is 25.8 Å². The maximum absolute atomic E-state index is 13.1. The number of aromatic hydroxyl groups is 1. The van der Waals surface area contributed by atoms with Crippen LogP contribution in [0.5, 0.6) is 5.75 Å². The number of ketones is 1. The second-order valence-corrected chi connectivity index (χ2v) is 7.99.